The Balaban J connectivity index is 2.73. The topological polar surface area (TPSA) is 63.2 Å². The minimum Gasteiger partial charge on any atom is -0.349 e. The molecule has 18 heavy (non-hydrogen) atoms. The number of hydrogen-bond donors (Lipinski definition) is 1. The van der Waals surface area contributed by atoms with Crippen LogP contribution in [-0.2, 0) is 9.84 Å². The number of rotatable bonds is 4. The number of sulfone groups is 1. The van der Waals surface area contributed by atoms with Gasteiger partial charge in [-0.2, -0.15) is 0 Å². The van der Waals surface area contributed by atoms with Crippen molar-refractivity contribution < 1.29 is 13.2 Å². The highest BCUT2D eigenvalue weighted by atomic mass is 79.9. The first kappa shape index (κ1) is 15.5. The number of halogens is 2. The van der Waals surface area contributed by atoms with E-state index in [-0.39, 0.29) is 11.7 Å². The quantitative estimate of drug-likeness (QED) is 0.902. The molecule has 0 bridgehead atoms. The first-order valence-electron chi connectivity index (χ1n) is 5.12. The maximum atomic E-state index is 11.8. The molecule has 1 N–H and O–H groups in total. The van der Waals surface area contributed by atoms with E-state index in [1.54, 1.807) is 19.1 Å². The van der Waals surface area contributed by atoms with Gasteiger partial charge in [0, 0.05) is 22.3 Å². The molecule has 0 aromatic heterocycles. The molecule has 1 amide bonds. The van der Waals surface area contributed by atoms with Crippen LogP contribution in [0.4, 0.5) is 0 Å². The van der Waals surface area contributed by atoms with Gasteiger partial charge >= 0.3 is 0 Å². The molecule has 100 valence electrons. The van der Waals surface area contributed by atoms with Crippen LogP contribution in [0.15, 0.2) is 22.7 Å². The molecule has 0 fully saturated rings. The van der Waals surface area contributed by atoms with Crippen molar-refractivity contribution >= 4 is 43.3 Å². The first-order valence-corrected chi connectivity index (χ1v) is 8.36. The summed E-state index contributed by atoms with van der Waals surface area (Å²) in [6, 6.07) is 4.35. The summed E-state index contributed by atoms with van der Waals surface area (Å²) in [6.45, 7) is 1.64. The summed E-state index contributed by atoms with van der Waals surface area (Å²) in [5, 5.41) is 3.04. The molecule has 1 unspecified atom stereocenters. The summed E-state index contributed by atoms with van der Waals surface area (Å²) in [7, 11) is -3.11. The Labute approximate surface area is 120 Å². The maximum Gasteiger partial charge on any atom is 0.251 e. The predicted molar refractivity (Wildman–Crippen MR) is 75.8 cm³/mol. The minimum absolute atomic E-state index is 0.0942. The van der Waals surface area contributed by atoms with Crippen molar-refractivity contribution in [2.45, 2.75) is 13.0 Å². The Hall–Kier alpha value is -0.590. The molecule has 0 saturated heterocycles. The standard InChI is InChI=1S/C11H13BrClNO3S/c1-7(6-18(2,16)17)14-11(15)8-3-4-9(12)10(13)5-8/h3-5,7H,6H2,1-2H3,(H,14,15). The van der Waals surface area contributed by atoms with Crippen molar-refractivity contribution in [2.75, 3.05) is 12.0 Å². The summed E-state index contributed by atoms with van der Waals surface area (Å²) in [5.74, 6) is -0.441. The maximum absolute atomic E-state index is 11.8. The first-order chi connectivity index (χ1) is 8.19. The van der Waals surface area contributed by atoms with Gasteiger partial charge in [0.15, 0.2) is 0 Å². The molecule has 0 radical (unpaired) electrons. The number of nitrogens with one attached hydrogen (secondary N) is 1. The Morgan fingerprint density at radius 3 is 2.61 bits per heavy atom. The Morgan fingerprint density at radius 1 is 1.50 bits per heavy atom. The van der Waals surface area contributed by atoms with Crippen molar-refractivity contribution in [3.63, 3.8) is 0 Å². The van der Waals surface area contributed by atoms with E-state index in [2.05, 4.69) is 21.2 Å². The van der Waals surface area contributed by atoms with Crippen LogP contribution in [0.3, 0.4) is 0 Å². The third-order valence-electron chi connectivity index (χ3n) is 2.11. The summed E-state index contributed by atoms with van der Waals surface area (Å²) < 4.78 is 22.9. The summed E-state index contributed by atoms with van der Waals surface area (Å²) in [6.07, 6.45) is 1.13. The van der Waals surface area contributed by atoms with Gasteiger partial charge in [0.1, 0.15) is 9.84 Å². The monoisotopic (exact) mass is 353 g/mol. The lowest BCUT2D eigenvalue weighted by molar-refractivity contribution is 0.0943. The van der Waals surface area contributed by atoms with Gasteiger partial charge in [-0.15, -0.1) is 0 Å². The highest BCUT2D eigenvalue weighted by molar-refractivity contribution is 9.10. The molecule has 0 saturated carbocycles. The zero-order valence-corrected chi connectivity index (χ0v) is 13.1. The van der Waals surface area contributed by atoms with Crippen LogP contribution < -0.4 is 5.32 Å². The molecule has 0 aliphatic heterocycles. The number of amides is 1. The van der Waals surface area contributed by atoms with E-state index < -0.39 is 15.9 Å². The fourth-order valence-corrected chi connectivity index (χ4v) is 2.86. The van der Waals surface area contributed by atoms with E-state index in [1.807, 2.05) is 0 Å². The predicted octanol–water partition coefficient (Wildman–Crippen LogP) is 2.27. The third kappa shape index (κ3) is 4.96. The van der Waals surface area contributed by atoms with Crippen molar-refractivity contribution in [2.24, 2.45) is 0 Å². The van der Waals surface area contributed by atoms with E-state index in [4.69, 9.17) is 11.6 Å². The molecule has 0 aliphatic carbocycles. The van der Waals surface area contributed by atoms with Crippen molar-refractivity contribution in [3.8, 4) is 0 Å². The molecular formula is C11H13BrClNO3S. The van der Waals surface area contributed by atoms with E-state index in [1.165, 1.54) is 6.07 Å². The molecule has 1 aromatic rings. The summed E-state index contributed by atoms with van der Waals surface area (Å²) in [5.41, 5.74) is 0.392. The average Bonchev–Trinajstić information content (AvgIpc) is 2.18. The summed E-state index contributed by atoms with van der Waals surface area (Å²) >= 11 is 9.10. The van der Waals surface area contributed by atoms with Crippen LogP contribution in [-0.4, -0.2) is 32.4 Å². The number of carbonyl (C=O) groups excluding carboxylic acids is 1. The van der Waals surface area contributed by atoms with Gasteiger partial charge in [0.05, 0.1) is 10.8 Å². The molecule has 1 rings (SSSR count). The number of benzene rings is 1. The average molecular weight is 355 g/mol. The van der Waals surface area contributed by atoms with Gasteiger partial charge in [-0.3, -0.25) is 4.79 Å². The highest BCUT2D eigenvalue weighted by Gasteiger charge is 2.14. The van der Waals surface area contributed by atoms with Gasteiger partial charge in [-0.05, 0) is 41.1 Å². The van der Waals surface area contributed by atoms with E-state index in [0.29, 0.717) is 15.1 Å². The van der Waals surface area contributed by atoms with Crippen LogP contribution in [0.1, 0.15) is 17.3 Å². The molecule has 0 spiro atoms. The van der Waals surface area contributed by atoms with E-state index >= 15 is 0 Å². The van der Waals surface area contributed by atoms with Crippen molar-refractivity contribution in [1.29, 1.82) is 0 Å². The van der Waals surface area contributed by atoms with E-state index in [9.17, 15) is 13.2 Å². The lowest BCUT2D eigenvalue weighted by Gasteiger charge is -2.13. The van der Waals surface area contributed by atoms with Gasteiger partial charge in [-0.1, -0.05) is 11.6 Å². The normalized spacial score (nSPS) is 13.1. The molecule has 1 atom stereocenters. The number of hydrogen-bond acceptors (Lipinski definition) is 3. The molecule has 1 aromatic carbocycles. The smallest absolute Gasteiger partial charge is 0.251 e. The van der Waals surface area contributed by atoms with Gasteiger partial charge in [-0.25, -0.2) is 8.42 Å². The van der Waals surface area contributed by atoms with Gasteiger partial charge < -0.3 is 5.32 Å². The van der Waals surface area contributed by atoms with E-state index in [0.717, 1.165) is 6.26 Å². The lowest BCUT2D eigenvalue weighted by atomic mass is 10.2. The van der Waals surface area contributed by atoms with Gasteiger partial charge in [0.2, 0.25) is 0 Å². The second kappa shape index (κ2) is 6.04. The molecule has 0 heterocycles. The van der Waals surface area contributed by atoms with Crippen LogP contribution in [0.2, 0.25) is 5.02 Å². The minimum atomic E-state index is -3.11. The Bertz CT molecular complexity index is 559. The van der Waals surface area contributed by atoms with Crippen LogP contribution in [0, 0.1) is 0 Å². The molecule has 0 aliphatic rings. The van der Waals surface area contributed by atoms with Crippen molar-refractivity contribution in [3.05, 3.63) is 33.3 Å². The highest BCUT2D eigenvalue weighted by Crippen LogP contribution is 2.23. The van der Waals surface area contributed by atoms with Gasteiger partial charge in [0.25, 0.3) is 5.91 Å². The van der Waals surface area contributed by atoms with Crippen LogP contribution in [0.25, 0.3) is 0 Å². The Morgan fingerprint density at radius 2 is 2.11 bits per heavy atom. The fourth-order valence-electron chi connectivity index (χ4n) is 1.44. The SMILES string of the molecule is CC(CS(C)(=O)=O)NC(=O)c1ccc(Br)c(Cl)c1. The number of carbonyl (C=O) groups is 1. The Kier molecular flexibility index (Phi) is 5.19. The second-order valence-corrected chi connectivity index (χ2v) is 7.54. The fraction of sp³-hybridized carbons (Fsp3) is 0.364. The molecule has 7 heteroatoms. The second-order valence-electron chi connectivity index (χ2n) is 4.10. The lowest BCUT2D eigenvalue weighted by Crippen LogP contribution is -2.37. The molecule has 4 nitrogen and oxygen atoms in total. The largest absolute Gasteiger partial charge is 0.349 e. The van der Waals surface area contributed by atoms with Crippen LogP contribution in [0.5, 0.6) is 0 Å². The zero-order chi connectivity index (χ0) is 13.9. The van der Waals surface area contributed by atoms with Crippen molar-refractivity contribution in [1.82, 2.24) is 5.32 Å². The molecular weight excluding hydrogens is 342 g/mol. The zero-order valence-electron chi connectivity index (χ0n) is 9.91. The summed E-state index contributed by atoms with van der Waals surface area (Å²) in [4.78, 5) is 11.8. The van der Waals surface area contributed by atoms with Crippen LogP contribution >= 0.6 is 27.5 Å². The third-order valence-corrected chi connectivity index (χ3v) is 4.45.